The molecule has 1 aliphatic carbocycles. The van der Waals surface area contributed by atoms with Gasteiger partial charge in [0.25, 0.3) is 0 Å². The molecule has 5 nitrogen and oxygen atoms in total. The van der Waals surface area contributed by atoms with Crippen molar-refractivity contribution in [2.24, 2.45) is 0 Å². The van der Waals surface area contributed by atoms with Crippen molar-refractivity contribution in [1.82, 2.24) is 20.4 Å². The van der Waals surface area contributed by atoms with E-state index in [4.69, 9.17) is 0 Å². The number of hydrogen-bond donors (Lipinski definition) is 2. The van der Waals surface area contributed by atoms with Crippen molar-refractivity contribution in [2.75, 3.05) is 0 Å². The van der Waals surface area contributed by atoms with Crippen LogP contribution >= 0.6 is 0 Å². The molecule has 118 valence electrons. The lowest BCUT2D eigenvalue weighted by Gasteiger charge is -2.21. The molecule has 2 N–H and O–H groups in total. The lowest BCUT2D eigenvalue weighted by atomic mass is 9.96. The van der Waals surface area contributed by atoms with E-state index in [0.717, 1.165) is 5.69 Å². The average Bonchev–Trinajstić information content (AvgIpc) is 2.94. The molecule has 21 heavy (non-hydrogen) atoms. The summed E-state index contributed by atoms with van der Waals surface area (Å²) in [7, 11) is 0. The van der Waals surface area contributed by atoms with Gasteiger partial charge in [0, 0.05) is 18.8 Å². The maximum atomic E-state index is 11.8. The number of carbonyl (C=O) groups excluding carboxylic acids is 1. The molecule has 1 saturated carbocycles. The third kappa shape index (κ3) is 4.84. The topological polar surface area (TPSA) is 59.0 Å². The minimum Gasteiger partial charge on any atom is -0.353 e. The second kappa shape index (κ2) is 7.59. The number of nitrogens with one attached hydrogen (secondary N) is 2. The van der Waals surface area contributed by atoms with Crippen molar-refractivity contribution in [1.29, 1.82) is 0 Å². The molecule has 0 saturated heterocycles. The molecule has 2 rings (SSSR count). The summed E-state index contributed by atoms with van der Waals surface area (Å²) >= 11 is 0. The van der Waals surface area contributed by atoms with E-state index in [2.05, 4.69) is 32.7 Å². The molecule has 0 aromatic carbocycles. The van der Waals surface area contributed by atoms with Gasteiger partial charge in [0.05, 0.1) is 17.8 Å². The van der Waals surface area contributed by atoms with Gasteiger partial charge in [0.1, 0.15) is 0 Å². The van der Waals surface area contributed by atoms with Gasteiger partial charge in [-0.1, -0.05) is 19.3 Å². The van der Waals surface area contributed by atoms with Crippen LogP contribution in [-0.2, 0) is 11.3 Å². The Morgan fingerprint density at radius 2 is 2.05 bits per heavy atom. The molecule has 1 fully saturated rings. The minimum absolute atomic E-state index is 0.0386. The first-order valence-corrected chi connectivity index (χ1v) is 8.14. The van der Waals surface area contributed by atoms with Gasteiger partial charge in [-0.2, -0.15) is 5.10 Å². The Hall–Kier alpha value is -1.36. The van der Waals surface area contributed by atoms with Gasteiger partial charge in [-0.25, -0.2) is 0 Å². The predicted molar refractivity (Wildman–Crippen MR) is 83.9 cm³/mol. The van der Waals surface area contributed by atoms with Gasteiger partial charge in [-0.15, -0.1) is 0 Å². The first kappa shape index (κ1) is 16.0. The number of hydrogen-bond acceptors (Lipinski definition) is 3. The Bertz CT molecular complexity index is 449. The molecular weight excluding hydrogens is 264 g/mol. The van der Waals surface area contributed by atoms with E-state index in [0.29, 0.717) is 12.6 Å². The van der Waals surface area contributed by atoms with Crippen molar-refractivity contribution in [2.45, 2.75) is 77.5 Å². The van der Waals surface area contributed by atoms with Gasteiger partial charge in [-0.3, -0.25) is 9.48 Å². The van der Waals surface area contributed by atoms with Crippen LogP contribution in [-0.4, -0.2) is 27.8 Å². The van der Waals surface area contributed by atoms with Crippen LogP contribution in [0.25, 0.3) is 0 Å². The van der Waals surface area contributed by atoms with E-state index in [1.807, 2.05) is 20.8 Å². The van der Waals surface area contributed by atoms with Crippen LogP contribution in [0.15, 0.2) is 12.3 Å². The van der Waals surface area contributed by atoms with Crippen molar-refractivity contribution >= 4 is 5.91 Å². The predicted octanol–water partition coefficient (Wildman–Crippen LogP) is 2.39. The highest BCUT2D eigenvalue weighted by Gasteiger charge is 2.17. The minimum atomic E-state index is -0.202. The summed E-state index contributed by atoms with van der Waals surface area (Å²) in [6.07, 6.45) is 8.53. The first-order valence-electron chi connectivity index (χ1n) is 8.14. The van der Waals surface area contributed by atoms with E-state index in [-0.39, 0.29) is 18.0 Å². The first-order chi connectivity index (χ1) is 10.1. The zero-order valence-corrected chi connectivity index (χ0v) is 13.4. The molecule has 0 spiro atoms. The maximum Gasteiger partial charge on any atom is 0.237 e. The Balaban J connectivity index is 1.81. The van der Waals surface area contributed by atoms with Crippen molar-refractivity contribution < 1.29 is 4.79 Å². The summed E-state index contributed by atoms with van der Waals surface area (Å²) in [5.74, 6) is 0.0386. The summed E-state index contributed by atoms with van der Waals surface area (Å²) in [5.41, 5.74) is 1.00. The number of rotatable bonds is 6. The van der Waals surface area contributed by atoms with Crippen molar-refractivity contribution in [3.8, 4) is 0 Å². The Morgan fingerprint density at radius 3 is 2.71 bits per heavy atom. The zero-order chi connectivity index (χ0) is 15.2. The molecular formula is C16H28N4O. The largest absolute Gasteiger partial charge is 0.353 e. The fourth-order valence-electron chi connectivity index (χ4n) is 2.78. The number of carbonyl (C=O) groups is 1. The molecule has 5 heteroatoms. The highest BCUT2D eigenvalue weighted by molar-refractivity contribution is 5.81. The van der Waals surface area contributed by atoms with E-state index in [1.165, 1.54) is 32.1 Å². The molecule has 1 amide bonds. The SMILES string of the molecule is CC(C)NC(=O)C(C)NCc1ccn(C2CCCCC2)n1. The van der Waals surface area contributed by atoms with Gasteiger partial charge < -0.3 is 10.6 Å². The summed E-state index contributed by atoms with van der Waals surface area (Å²) < 4.78 is 2.11. The lowest BCUT2D eigenvalue weighted by Crippen LogP contribution is -2.44. The molecule has 1 aromatic rings. The number of nitrogens with zero attached hydrogens (tertiary/aromatic N) is 2. The summed E-state index contributed by atoms with van der Waals surface area (Å²) in [4.78, 5) is 11.8. The highest BCUT2D eigenvalue weighted by Crippen LogP contribution is 2.27. The van der Waals surface area contributed by atoms with E-state index >= 15 is 0 Å². The van der Waals surface area contributed by atoms with Crippen molar-refractivity contribution in [3.05, 3.63) is 18.0 Å². The van der Waals surface area contributed by atoms with Crippen LogP contribution < -0.4 is 10.6 Å². The third-order valence-corrected chi connectivity index (χ3v) is 4.03. The number of amides is 1. The van der Waals surface area contributed by atoms with E-state index < -0.39 is 0 Å². The molecule has 0 bridgehead atoms. The van der Waals surface area contributed by atoms with Crippen LogP contribution in [0.2, 0.25) is 0 Å². The fourth-order valence-corrected chi connectivity index (χ4v) is 2.78. The molecule has 1 heterocycles. The van der Waals surface area contributed by atoms with Gasteiger partial charge in [-0.05, 0) is 39.7 Å². The second-order valence-electron chi connectivity index (χ2n) is 6.34. The average molecular weight is 292 g/mol. The van der Waals surface area contributed by atoms with Gasteiger partial charge in [0.15, 0.2) is 0 Å². The van der Waals surface area contributed by atoms with E-state index in [1.54, 1.807) is 0 Å². The van der Waals surface area contributed by atoms with Crippen molar-refractivity contribution in [3.63, 3.8) is 0 Å². The van der Waals surface area contributed by atoms with E-state index in [9.17, 15) is 4.79 Å². The van der Waals surface area contributed by atoms with Gasteiger partial charge >= 0.3 is 0 Å². The second-order valence-corrected chi connectivity index (χ2v) is 6.34. The molecule has 1 aromatic heterocycles. The van der Waals surface area contributed by atoms with Crippen LogP contribution in [0.1, 0.15) is 64.6 Å². The smallest absolute Gasteiger partial charge is 0.237 e. The fraction of sp³-hybridized carbons (Fsp3) is 0.750. The Labute approximate surface area is 127 Å². The Kier molecular flexibility index (Phi) is 5.79. The molecule has 1 unspecified atom stereocenters. The lowest BCUT2D eigenvalue weighted by molar-refractivity contribution is -0.123. The highest BCUT2D eigenvalue weighted by atomic mass is 16.2. The quantitative estimate of drug-likeness (QED) is 0.846. The standard InChI is InChI=1S/C16H28N4O/c1-12(2)18-16(21)13(3)17-11-14-9-10-20(19-14)15-7-5-4-6-8-15/h9-10,12-13,15,17H,4-8,11H2,1-3H3,(H,18,21). The van der Waals surface area contributed by atoms with Gasteiger partial charge in [0.2, 0.25) is 5.91 Å². The van der Waals surface area contributed by atoms with Crippen LogP contribution in [0.3, 0.4) is 0 Å². The summed E-state index contributed by atoms with van der Waals surface area (Å²) in [6.45, 7) is 6.45. The monoisotopic (exact) mass is 292 g/mol. The zero-order valence-electron chi connectivity index (χ0n) is 13.4. The Morgan fingerprint density at radius 1 is 1.33 bits per heavy atom. The third-order valence-electron chi connectivity index (χ3n) is 4.03. The van der Waals surface area contributed by atoms with Crippen LogP contribution in [0, 0.1) is 0 Å². The normalized spacial score (nSPS) is 17.9. The molecule has 0 aliphatic heterocycles. The number of aromatic nitrogens is 2. The van der Waals surface area contributed by atoms with Crippen LogP contribution in [0.4, 0.5) is 0 Å². The molecule has 0 radical (unpaired) electrons. The molecule has 1 atom stereocenters. The van der Waals surface area contributed by atoms with Crippen LogP contribution in [0.5, 0.6) is 0 Å². The summed E-state index contributed by atoms with van der Waals surface area (Å²) in [5, 5.41) is 10.8. The maximum absolute atomic E-state index is 11.8. The summed E-state index contributed by atoms with van der Waals surface area (Å²) in [6, 6.07) is 2.59. The molecule has 1 aliphatic rings.